The number of para-hydroxylation sites is 1. The lowest BCUT2D eigenvalue weighted by molar-refractivity contribution is -0.140. The van der Waals surface area contributed by atoms with E-state index in [-0.39, 0.29) is 5.76 Å². The Morgan fingerprint density at radius 3 is 2.60 bits per heavy atom. The van der Waals surface area contributed by atoms with Gasteiger partial charge in [0.2, 0.25) is 5.76 Å². The Labute approximate surface area is 96.8 Å². The summed E-state index contributed by atoms with van der Waals surface area (Å²) in [5.74, 6) is 0.234. The van der Waals surface area contributed by atoms with Crippen LogP contribution < -0.4 is 4.74 Å². The summed E-state index contributed by atoms with van der Waals surface area (Å²) >= 11 is 3.06. The second-order valence-electron chi connectivity index (χ2n) is 2.61. The van der Waals surface area contributed by atoms with Crippen LogP contribution >= 0.6 is 15.9 Å². The van der Waals surface area contributed by atoms with Crippen LogP contribution in [0.5, 0.6) is 5.75 Å². The number of benzene rings is 1. The van der Waals surface area contributed by atoms with Gasteiger partial charge in [0.05, 0.1) is 6.61 Å². The molecule has 80 valence electrons. The highest BCUT2D eigenvalue weighted by Gasteiger charge is 2.11. The fourth-order valence-corrected chi connectivity index (χ4v) is 1.21. The van der Waals surface area contributed by atoms with Gasteiger partial charge in [-0.25, -0.2) is 4.79 Å². The summed E-state index contributed by atoms with van der Waals surface area (Å²) in [5, 5.41) is 0. The molecule has 15 heavy (non-hydrogen) atoms. The molecule has 0 aliphatic carbocycles. The van der Waals surface area contributed by atoms with Gasteiger partial charge in [0.15, 0.2) is 0 Å². The molecule has 0 atom stereocenters. The van der Waals surface area contributed by atoms with E-state index in [0.29, 0.717) is 12.4 Å². The molecule has 4 heteroatoms. The van der Waals surface area contributed by atoms with E-state index >= 15 is 0 Å². The molecule has 0 saturated carbocycles. The first-order chi connectivity index (χ1) is 7.27. The van der Waals surface area contributed by atoms with E-state index in [1.807, 2.05) is 18.2 Å². The van der Waals surface area contributed by atoms with Crippen LogP contribution in [0.25, 0.3) is 0 Å². The van der Waals surface area contributed by atoms with Crippen LogP contribution in [0.15, 0.2) is 41.1 Å². The zero-order valence-electron chi connectivity index (χ0n) is 8.27. The minimum Gasteiger partial charge on any atom is -0.460 e. The zero-order chi connectivity index (χ0) is 11.1. The van der Waals surface area contributed by atoms with Gasteiger partial charge in [0, 0.05) is 4.99 Å². The average molecular weight is 271 g/mol. The molecule has 0 amide bonds. The van der Waals surface area contributed by atoms with Crippen molar-refractivity contribution in [3.05, 3.63) is 41.1 Å². The molecule has 1 aromatic carbocycles. The highest BCUT2D eigenvalue weighted by molar-refractivity contribution is 9.11. The number of hydrogen-bond donors (Lipinski definition) is 0. The minimum atomic E-state index is -0.488. The molecule has 1 rings (SSSR count). The van der Waals surface area contributed by atoms with E-state index < -0.39 is 5.97 Å². The Balaban J connectivity index is 2.67. The van der Waals surface area contributed by atoms with Crippen molar-refractivity contribution in [3.63, 3.8) is 0 Å². The smallest absolute Gasteiger partial charge is 0.374 e. The topological polar surface area (TPSA) is 35.5 Å². The SMILES string of the molecule is CCOC(=O)C(=CBr)Oc1ccccc1. The molecule has 0 radical (unpaired) electrons. The Morgan fingerprint density at radius 1 is 1.40 bits per heavy atom. The highest BCUT2D eigenvalue weighted by atomic mass is 79.9. The molecule has 0 spiro atoms. The highest BCUT2D eigenvalue weighted by Crippen LogP contribution is 2.14. The number of carbonyl (C=O) groups excluding carboxylic acids is 1. The van der Waals surface area contributed by atoms with Crippen molar-refractivity contribution in [1.29, 1.82) is 0 Å². The van der Waals surface area contributed by atoms with Crippen LogP contribution in [-0.2, 0) is 9.53 Å². The van der Waals surface area contributed by atoms with Crippen LogP contribution in [0, 0.1) is 0 Å². The van der Waals surface area contributed by atoms with Crippen molar-refractivity contribution in [2.24, 2.45) is 0 Å². The lowest BCUT2D eigenvalue weighted by Gasteiger charge is -2.07. The van der Waals surface area contributed by atoms with E-state index in [1.54, 1.807) is 19.1 Å². The number of ether oxygens (including phenoxy) is 2. The minimum absolute atomic E-state index is 0.128. The molecule has 0 aromatic heterocycles. The maximum Gasteiger partial charge on any atom is 0.374 e. The standard InChI is InChI=1S/C11H11BrO3/c1-2-14-11(13)10(8-12)15-9-6-4-3-5-7-9/h3-8H,2H2,1H3. The maximum atomic E-state index is 11.3. The summed E-state index contributed by atoms with van der Waals surface area (Å²) in [5.41, 5.74) is 0. The van der Waals surface area contributed by atoms with Crippen LogP contribution in [-0.4, -0.2) is 12.6 Å². The second-order valence-corrected chi connectivity index (χ2v) is 3.07. The van der Waals surface area contributed by atoms with Crippen molar-refractivity contribution < 1.29 is 14.3 Å². The van der Waals surface area contributed by atoms with Crippen LogP contribution in [0.3, 0.4) is 0 Å². The first-order valence-electron chi connectivity index (χ1n) is 4.48. The fraction of sp³-hybridized carbons (Fsp3) is 0.182. The van der Waals surface area contributed by atoms with E-state index in [1.165, 1.54) is 4.99 Å². The molecule has 0 unspecified atom stereocenters. The third-order valence-corrected chi connectivity index (χ3v) is 1.96. The van der Waals surface area contributed by atoms with Crippen LogP contribution in [0.1, 0.15) is 6.92 Å². The molecule has 0 aliphatic rings. The molecule has 0 bridgehead atoms. The van der Waals surface area contributed by atoms with E-state index in [0.717, 1.165) is 0 Å². The van der Waals surface area contributed by atoms with Crippen molar-refractivity contribution in [2.75, 3.05) is 6.61 Å². The molecule has 0 aliphatic heterocycles. The second kappa shape index (κ2) is 6.24. The lowest BCUT2D eigenvalue weighted by Crippen LogP contribution is -2.12. The summed E-state index contributed by atoms with van der Waals surface area (Å²) in [6.45, 7) is 2.06. The largest absolute Gasteiger partial charge is 0.460 e. The predicted octanol–water partition coefficient (Wildman–Crippen LogP) is 2.86. The summed E-state index contributed by atoms with van der Waals surface area (Å²) in [6.07, 6.45) is 0. The number of hydrogen-bond acceptors (Lipinski definition) is 3. The Kier molecular flexibility index (Phi) is 4.90. The number of carbonyl (C=O) groups is 1. The van der Waals surface area contributed by atoms with Crippen LogP contribution in [0.4, 0.5) is 0 Å². The van der Waals surface area contributed by atoms with Gasteiger partial charge in [-0.3, -0.25) is 0 Å². The van der Waals surface area contributed by atoms with Gasteiger partial charge in [-0.2, -0.15) is 0 Å². The van der Waals surface area contributed by atoms with Gasteiger partial charge in [0.1, 0.15) is 5.75 Å². The van der Waals surface area contributed by atoms with Crippen molar-refractivity contribution in [3.8, 4) is 5.75 Å². The number of esters is 1. The fourth-order valence-electron chi connectivity index (χ4n) is 0.926. The first-order valence-corrected chi connectivity index (χ1v) is 5.40. The van der Waals surface area contributed by atoms with Crippen molar-refractivity contribution in [2.45, 2.75) is 6.92 Å². The summed E-state index contributed by atoms with van der Waals surface area (Å²) in [6, 6.07) is 9.04. The predicted molar refractivity (Wildman–Crippen MR) is 60.7 cm³/mol. The Bertz CT molecular complexity index is 346. The molecular formula is C11H11BrO3. The van der Waals surface area contributed by atoms with E-state index in [2.05, 4.69) is 15.9 Å². The molecule has 0 N–H and O–H groups in total. The third kappa shape index (κ3) is 3.75. The van der Waals surface area contributed by atoms with Gasteiger partial charge >= 0.3 is 5.97 Å². The van der Waals surface area contributed by atoms with Crippen molar-refractivity contribution >= 4 is 21.9 Å². The molecular weight excluding hydrogens is 260 g/mol. The summed E-state index contributed by atoms with van der Waals surface area (Å²) < 4.78 is 10.1. The summed E-state index contributed by atoms with van der Waals surface area (Å²) in [7, 11) is 0. The van der Waals surface area contributed by atoms with Gasteiger partial charge in [-0.1, -0.05) is 34.1 Å². The van der Waals surface area contributed by atoms with Gasteiger partial charge in [-0.05, 0) is 19.1 Å². The van der Waals surface area contributed by atoms with E-state index in [4.69, 9.17) is 9.47 Å². The van der Waals surface area contributed by atoms with Gasteiger partial charge in [0.25, 0.3) is 0 Å². The quantitative estimate of drug-likeness (QED) is 0.480. The molecule has 0 saturated heterocycles. The molecule has 0 fully saturated rings. The number of halogens is 1. The van der Waals surface area contributed by atoms with Crippen molar-refractivity contribution in [1.82, 2.24) is 0 Å². The lowest BCUT2D eigenvalue weighted by atomic mass is 10.3. The third-order valence-electron chi connectivity index (χ3n) is 1.55. The summed E-state index contributed by atoms with van der Waals surface area (Å²) in [4.78, 5) is 12.7. The van der Waals surface area contributed by atoms with Gasteiger partial charge < -0.3 is 9.47 Å². The Hall–Kier alpha value is -1.29. The number of rotatable bonds is 4. The maximum absolute atomic E-state index is 11.3. The molecule has 1 aromatic rings. The van der Waals surface area contributed by atoms with Crippen LogP contribution in [0.2, 0.25) is 0 Å². The molecule has 0 heterocycles. The normalized spacial score (nSPS) is 10.9. The zero-order valence-corrected chi connectivity index (χ0v) is 9.86. The Morgan fingerprint density at radius 2 is 2.07 bits per heavy atom. The van der Waals surface area contributed by atoms with E-state index in [9.17, 15) is 4.79 Å². The monoisotopic (exact) mass is 270 g/mol. The first kappa shape index (κ1) is 11.8. The average Bonchev–Trinajstić information content (AvgIpc) is 2.27. The molecule has 3 nitrogen and oxygen atoms in total. The van der Waals surface area contributed by atoms with Gasteiger partial charge in [-0.15, -0.1) is 0 Å².